The van der Waals surface area contributed by atoms with Crippen molar-refractivity contribution < 1.29 is 17.6 Å². The summed E-state index contributed by atoms with van der Waals surface area (Å²) < 4.78 is 38.9. The number of halogens is 2. The molecular weight excluding hydrogens is 389 g/mol. The fraction of sp³-hybridized carbons (Fsp3) is 0.0667. The maximum absolute atomic E-state index is 13.4. The third-order valence-corrected chi connectivity index (χ3v) is 4.84. The Balaban J connectivity index is 2.04. The number of amides is 1. The van der Waals surface area contributed by atoms with Crippen molar-refractivity contribution in [2.45, 2.75) is 11.8 Å². The zero-order chi connectivity index (χ0) is 18.6. The van der Waals surface area contributed by atoms with Gasteiger partial charge in [-0.05, 0) is 54.7 Å². The zero-order valence-electron chi connectivity index (χ0n) is 12.8. The zero-order valence-corrected chi connectivity index (χ0v) is 15.2. The molecule has 0 aliphatic rings. The van der Waals surface area contributed by atoms with Gasteiger partial charge >= 0.3 is 0 Å². The molecule has 0 atom stereocenters. The van der Waals surface area contributed by atoms with E-state index in [2.05, 4.69) is 10.6 Å². The summed E-state index contributed by atoms with van der Waals surface area (Å²) in [6.07, 6.45) is 0. The Bertz CT molecular complexity index is 918. The number of hydrogen-bond acceptors (Lipinski definition) is 4. The van der Waals surface area contributed by atoms with Gasteiger partial charge in [-0.1, -0.05) is 11.6 Å². The molecule has 2 aromatic carbocycles. The van der Waals surface area contributed by atoms with Crippen molar-refractivity contribution in [1.82, 2.24) is 4.72 Å². The van der Waals surface area contributed by atoms with Crippen molar-refractivity contribution in [3.05, 3.63) is 53.3 Å². The Morgan fingerprint density at radius 1 is 1.08 bits per heavy atom. The van der Waals surface area contributed by atoms with Crippen molar-refractivity contribution in [2.24, 2.45) is 0 Å². The first-order valence-electron chi connectivity index (χ1n) is 6.84. The van der Waals surface area contributed by atoms with Crippen LogP contribution in [0.15, 0.2) is 47.4 Å². The molecule has 0 unspecified atom stereocenters. The fourth-order valence-electron chi connectivity index (χ4n) is 1.83. The van der Waals surface area contributed by atoms with Gasteiger partial charge in [0.05, 0.1) is 9.92 Å². The number of carbonyl (C=O) groups is 1. The third-order valence-electron chi connectivity index (χ3n) is 2.88. The van der Waals surface area contributed by atoms with E-state index in [1.54, 1.807) is 6.07 Å². The van der Waals surface area contributed by atoms with Gasteiger partial charge in [0, 0.05) is 18.3 Å². The highest BCUT2D eigenvalue weighted by molar-refractivity contribution is 7.90. The van der Waals surface area contributed by atoms with Gasteiger partial charge in [-0.25, -0.2) is 17.5 Å². The van der Waals surface area contributed by atoms with Crippen molar-refractivity contribution in [3.63, 3.8) is 0 Å². The van der Waals surface area contributed by atoms with Crippen molar-refractivity contribution in [3.8, 4) is 0 Å². The molecule has 0 aliphatic carbocycles. The quantitative estimate of drug-likeness (QED) is 0.682. The van der Waals surface area contributed by atoms with Crippen LogP contribution < -0.4 is 15.4 Å². The summed E-state index contributed by atoms with van der Waals surface area (Å²) in [5.41, 5.74) is 0.915. The molecule has 0 aromatic heterocycles. The average Bonchev–Trinajstić information content (AvgIpc) is 2.50. The van der Waals surface area contributed by atoms with E-state index in [0.717, 1.165) is 6.92 Å². The van der Waals surface area contributed by atoms with Gasteiger partial charge in [0.15, 0.2) is 5.11 Å². The van der Waals surface area contributed by atoms with E-state index in [1.807, 2.05) is 4.72 Å². The van der Waals surface area contributed by atoms with E-state index in [9.17, 15) is 17.6 Å². The minimum absolute atomic E-state index is 0.000367. The lowest BCUT2D eigenvalue weighted by atomic mass is 10.3. The van der Waals surface area contributed by atoms with Crippen LogP contribution in [0, 0.1) is 5.82 Å². The molecule has 132 valence electrons. The van der Waals surface area contributed by atoms with E-state index in [4.69, 9.17) is 23.8 Å². The third kappa shape index (κ3) is 5.38. The molecule has 6 nitrogen and oxygen atoms in total. The summed E-state index contributed by atoms with van der Waals surface area (Å²) in [5.74, 6) is -1.26. The Hall–Kier alpha value is -2.23. The van der Waals surface area contributed by atoms with Gasteiger partial charge in [-0.2, -0.15) is 0 Å². The van der Waals surface area contributed by atoms with E-state index < -0.39 is 21.7 Å². The minimum Gasteiger partial charge on any atom is -0.332 e. The van der Waals surface area contributed by atoms with Crippen LogP contribution in [0.3, 0.4) is 0 Å². The van der Waals surface area contributed by atoms with Gasteiger partial charge in [0.25, 0.3) is 10.0 Å². The van der Waals surface area contributed by atoms with Crippen molar-refractivity contribution in [2.75, 3.05) is 10.6 Å². The van der Waals surface area contributed by atoms with Gasteiger partial charge in [-0.3, -0.25) is 4.79 Å². The summed E-state index contributed by atoms with van der Waals surface area (Å²) in [4.78, 5) is 10.8. The predicted octanol–water partition coefficient (Wildman–Crippen LogP) is 3.11. The van der Waals surface area contributed by atoms with Crippen LogP contribution in [-0.4, -0.2) is 19.4 Å². The number of carbonyl (C=O) groups excluding carboxylic acids is 1. The first kappa shape index (κ1) is 19.1. The van der Waals surface area contributed by atoms with Crippen LogP contribution in [0.1, 0.15) is 6.92 Å². The summed E-state index contributed by atoms with van der Waals surface area (Å²) >= 11 is 10.7. The first-order valence-corrected chi connectivity index (χ1v) is 9.11. The van der Waals surface area contributed by atoms with Crippen LogP contribution >= 0.6 is 23.8 Å². The van der Waals surface area contributed by atoms with E-state index in [-0.39, 0.29) is 15.0 Å². The summed E-state index contributed by atoms with van der Waals surface area (Å²) in [5, 5.41) is 5.78. The maximum Gasteiger partial charge on any atom is 0.264 e. The first-order chi connectivity index (χ1) is 11.7. The number of sulfonamides is 1. The molecule has 10 heteroatoms. The standard InChI is InChI=1S/C15H13ClFN3O3S2/c1-9(21)20-25(22,23)12-5-2-10(3-6-12)18-15(24)19-11-4-7-13(16)14(17)8-11/h2-8H,1H3,(H,20,21)(H2,18,19,24). The van der Waals surface area contributed by atoms with Gasteiger partial charge in [0.2, 0.25) is 5.91 Å². The molecule has 3 N–H and O–H groups in total. The highest BCUT2D eigenvalue weighted by Crippen LogP contribution is 2.19. The smallest absolute Gasteiger partial charge is 0.264 e. The monoisotopic (exact) mass is 401 g/mol. The summed E-state index contributed by atoms with van der Waals surface area (Å²) in [6.45, 7) is 1.11. The largest absolute Gasteiger partial charge is 0.332 e. The molecule has 0 fully saturated rings. The summed E-state index contributed by atoms with van der Waals surface area (Å²) in [6, 6.07) is 9.73. The molecule has 2 rings (SSSR count). The molecule has 0 saturated carbocycles. The number of hydrogen-bond donors (Lipinski definition) is 3. The highest BCUT2D eigenvalue weighted by atomic mass is 35.5. The number of benzene rings is 2. The molecule has 0 spiro atoms. The molecule has 0 aliphatic heterocycles. The Morgan fingerprint density at radius 3 is 2.20 bits per heavy atom. The molecule has 25 heavy (non-hydrogen) atoms. The summed E-state index contributed by atoms with van der Waals surface area (Å²) in [7, 11) is -3.89. The van der Waals surface area contributed by atoms with E-state index >= 15 is 0 Å². The van der Waals surface area contributed by atoms with Crippen LogP contribution in [-0.2, 0) is 14.8 Å². The molecule has 0 bridgehead atoms. The molecule has 1 amide bonds. The van der Waals surface area contributed by atoms with Crippen molar-refractivity contribution >= 4 is 56.2 Å². The lowest BCUT2D eigenvalue weighted by Crippen LogP contribution is -2.28. The van der Waals surface area contributed by atoms with Crippen LogP contribution in [0.2, 0.25) is 5.02 Å². The van der Waals surface area contributed by atoms with Gasteiger partial charge in [-0.15, -0.1) is 0 Å². The number of thiocarbonyl (C=S) groups is 1. The van der Waals surface area contributed by atoms with Crippen LogP contribution in [0.25, 0.3) is 0 Å². The van der Waals surface area contributed by atoms with E-state index in [0.29, 0.717) is 11.4 Å². The topological polar surface area (TPSA) is 87.3 Å². The van der Waals surface area contributed by atoms with Gasteiger partial charge in [0.1, 0.15) is 5.82 Å². The average molecular weight is 402 g/mol. The molecule has 0 heterocycles. The Morgan fingerprint density at radius 2 is 1.64 bits per heavy atom. The molecule has 2 aromatic rings. The lowest BCUT2D eigenvalue weighted by Gasteiger charge is -2.11. The lowest BCUT2D eigenvalue weighted by molar-refractivity contribution is -0.117. The Kier molecular flexibility index (Phi) is 5.93. The van der Waals surface area contributed by atoms with Crippen LogP contribution in [0.4, 0.5) is 15.8 Å². The molecule has 0 saturated heterocycles. The minimum atomic E-state index is -3.89. The normalized spacial score (nSPS) is 10.8. The predicted molar refractivity (Wildman–Crippen MR) is 98.7 cm³/mol. The second-order valence-electron chi connectivity index (χ2n) is 4.89. The number of nitrogens with one attached hydrogen (secondary N) is 3. The van der Waals surface area contributed by atoms with Crippen molar-refractivity contribution in [1.29, 1.82) is 0 Å². The second-order valence-corrected chi connectivity index (χ2v) is 7.39. The Labute approximate surface area is 154 Å². The molecular formula is C15H13ClFN3O3S2. The second kappa shape index (κ2) is 7.77. The highest BCUT2D eigenvalue weighted by Gasteiger charge is 2.15. The number of rotatable bonds is 4. The maximum atomic E-state index is 13.4. The number of anilines is 2. The van der Waals surface area contributed by atoms with E-state index in [1.165, 1.54) is 36.4 Å². The SMILES string of the molecule is CC(=O)NS(=O)(=O)c1ccc(NC(=S)Nc2ccc(Cl)c(F)c2)cc1. The molecule has 0 radical (unpaired) electrons. The van der Waals surface area contributed by atoms with Crippen LogP contribution in [0.5, 0.6) is 0 Å². The fourth-order valence-corrected chi connectivity index (χ4v) is 3.18. The van der Waals surface area contributed by atoms with Gasteiger partial charge < -0.3 is 10.6 Å².